The Morgan fingerprint density at radius 2 is 0.694 bits per heavy atom. The Labute approximate surface area is 363 Å². The molecule has 1 unspecified atom stereocenters. The molecule has 1 atom stereocenters. The van der Waals surface area contributed by atoms with E-state index >= 15 is 0 Å². The normalized spacial score (nSPS) is 14.2. The van der Waals surface area contributed by atoms with E-state index in [-0.39, 0.29) is 0 Å². The number of anilines is 3. The zero-order valence-corrected chi connectivity index (χ0v) is 34.1. The van der Waals surface area contributed by atoms with Crippen molar-refractivity contribution in [3.8, 4) is 66.8 Å². The van der Waals surface area contributed by atoms with Gasteiger partial charge in [-0.2, -0.15) is 0 Å². The van der Waals surface area contributed by atoms with Crippen LogP contribution in [0.4, 0.5) is 17.1 Å². The molecule has 2 aliphatic rings. The van der Waals surface area contributed by atoms with E-state index in [1.54, 1.807) is 0 Å². The molecule has 0 saturated heterocycles. The first-order chi connectivity index (χ1) is 30.8. The molecule has 1 spiro atoms. The lowest BCUT2D eigenvalue weighted by Gasteiger charge is -2.32. The fourth-order valence-electron chi connectivity index (χ4n) is 10.4. The Morgan fingerprint density at radius 3 is 1.35 bits per heavy atom. The van der Waals surface area contributed by atoms with E-state index < -0.39 is 5.41 Å². The van der Waals surface area contributed by atoms with E-state index in [0.717, 1.165) is 17.1 Å². The van der Waals surface area contributed by atoms with Crippen LogP contribution in [-0.2, 0) is 5.41 Å². The van der Waals surface area contributed by atoms with Crippen molar-refractivity contribution in [2.24, 2.45) is 0 Å². The first-order valence-electron chi connectivity index (χ1n) is 21.5. The van der Waals surface area contributed by atoms with E-state index in [0.29, 0.717) is 0 Å². The van der Waals surface area contributed by atoms with Crippen LogP contribution in [0.3, 0.4) is 0 Å². The van der Waals surface area contributed by atoms with Crippen molar-refractivity contribution >= 4 is 17.1 Å². The average molecular weight is 788 g/mol. The molecule has 0 saturated carbocycles. The third kappa shape index (κ3) is 5.56. The first kappa shape index (κ1) is 35.9. The van der Waals surface area contributed by atoms with Gasteiger partial charge in [0.15, 0.2) is 0 Å². The SMILES string of the molecule is c1ccc(-c2ccc(N(c3ccc4c(c3)-c3ccccc3C43c4ccccc4-c4c(-c5ccccc5)cccc43)c3ccc(-c4ccccc4)cc3-c3ccccc3)cc2)cc1. The van der Waals surface area contributed by atoms with Crippen LogP contribution in [0.15, 0.2) is 249 Å². The molecular formula is C61H41N. The van der Waals surface area contributed by atoms with E-state index in [2.05, 4.69) is 254 Å². The lowest BCUT2D eigenvalue weighted by atomic mass is 9.70. The van der Waals surface area contributed by atoms with Crippen molar-refractivity contribution in [2.45, 2.75) is 5.41 Å². The van der Waals surface area contributed by atoms with Gasteiger partial charge in [0.2, 0.25) is 0 Å². The molecule has 62 heavy (non-hydrogen) atoms. The van der Waals surface area contributed by atoms with E-state index in [4.69, 9.17) is 0 Å². The summed E-state index contributed by atoms with van der Waals surface area (Å²) in [6.45, 7) is 0. The van der Waals surface area contributed by atoms with Crippen molar-refractivity contribution in [1.29, 1.82) is 0 Å². The topological polar surface area (TPSA) is 3.24 Å². The number of hydrogen-bond acceptors (Lipinski definition) is 1. The van der Waals surface area contributed by atoms with Crippen molar-refractivity contribution < 1.29 is 0 Å². The summed E-state index contributed by atoms with van der Waals surface area (Å²) in [5.41, 5.74) is 23.0. The van der Waals surface area contributed by atoms with Crippen molar-refractivity contribution in [1.82, 2.24) is 0 Å². The van der Waals surface area contributed by atoms with Crippen LogP contribution in [0.25, 0.3) is 66.8 Å². The highest BCUT2D eigenvalue weighted by molar-refractivity contribution is 6.01. The Morgan fingerprint density at radius 1 is 0.242 bits per heavy atom. The van der Waals surface area contributed by atoms with Gasteiger partial charge in [-0.3, -0.25) is 0 Å². The van der Waals surface area contributed by atoms with Crippen LogP contribution in [0.1, 0.15) is 22.3 Å². The van der Waals surface area contributed by atoms with Crippen LogP contribution in [-0.4, -0.2) is 0 Å². The smallest absolute Gasteiger partial charge is 0.0725 e. The van der Waals surface area contributed by atoms with Gasteiger partial charge in [0.1, 0.15) is 0 Å². The average Bonchev–Trinajstić information content (AvgIpc) is 3.83. The molecule has 10 aromatic rings. The number of hydrogen-bond donors (Lipinski definition) is 0. The quantitative estimate of drug-likeness (QED) is 0.155. The van der Waals surface area contributed by atoms with Gasteiger partial charge in [-0.25, -0.2) is 0 Å². The highest BCUT2D eigenvalue weighted by atomic mass is 15.1. The van der Waals surface area contributed by atoms with Crippen LogP contribution < -0.4 is 4.90 Å². The zero-order chi connectivity index (χ0) is 41.0. The second-order valence-electron chi connectivity index (χ2n) is 16.4. The van der Waals surface area contributed by atoms with Crippen molar-refractivity contribution in [3.05, 3.63) is 271 Å². The molecule has 1 heteroatoms. The minimum Gasteiger partial charge on any atom is -0.310 e. The highest BCUT2D eigenvalue weighted by Gasteiger charge is 2.52. The maximum absolute atomic E-state index is 2.46. The molecule has 0 aliphatic heterocycles. The van der Waals surface area contributed by atoms with E-state index in [1.165, 1.54) is 89.0 Å². The fourth-order valence-corrected chi connectivity index (χ4v) is 10.4. The summed E-state index contributed by atoms with van der Waals surface area (Å²) in [5.74, 6) is 0. The summed E-state index contributed by atoms with van der Waals surface area (Å²) in [6.07, 6.45) is 0. The van der Waals surface area contributed by atoms with Gasteiger partial charge >= 0.3 is 0 Å². The summed E-state index contributed by atoms with van der Waals surface area (Å²) < 4.78 is 0. The molecule has 0 N–H and O–H groups in total. The second kappa shape index (κ2) is 14.6. The molecule has 0 heterocycles. The van der Waals surface area contributed by atoms with Gasteiger partial charge < -0.3 is 4.90 Å². The molecule has 0 amide bonds. The van der Waals surface area contributed by atoms with Gasteiger partial charge in [-0.05, 0) is 120 Å². The van der Waals surface area contributed by atoms with Crippen LogP contribution >= 0.6 is 0 Å². The zero-order valence-electron chi connectivity index (χ0n) is 34.1. The van der Waals surface area contributed by atoms with Gasteiger partial charge in [-0.15, -0.1) is 0 Å². The van der Waals surface area contributed by atoms with Crippen molar-refractivity contribution in [2.75, 3.05) is 4.90 Å². The molecule has 10 aromatic carbocycles. The minimum absolute atomic E-state index is 0.462. The Kier molecular flexibility index (Phi) is 8.47. The second-order valence-corrected chi connectivity index (χ2v) is 16.4. The maximum Gasteiger partial charge on any atom is 0.0725 e. The van der Waals surface area contributed by atoms with Gasteiger partial charge in [-0.1, -0.05) is 212 Å². The summed E-state index contributed by atoms with van der Waals surface area (Å²) in [5, 5.41) is 0. The van der Waals surface area contributed by atoms with Crippen LogP contribution in [0.5, 0.6) is 0 Å². The predicted molar refractivity (Wildman–Crippen MR) is 259 cm³/mol. The molecular weight excluding hydrogens is 747 g/mol. The summed E-state index contributed by atoms with van der Waals surface area (Å²) >= 11 is 0. The third-order valence-corrected chi connectivity index (χ3v) is 13.1. The van der Waals surface area contributed by atoms with Gasteiger partial charge in [0, 0.05) is 16.9 Å². The summed E-state index contributed by atoms with van der Waals surface area (Å²) in [7, 11) is 0. The maximum atomic E-state index is 2.46. The Hall–Kier alpha value is -8.00. The molecule has 12 rings (SSSR count). The first-order valence-corrected chi connectivity index (χ1v) is 21.5. The number of rotatable bonds is 7. The largest absolute Gasteiger partial charge is 0.310 e. The lowest BCUT2D eigenvalue weighted by molar-refractivity contribution is 0.794. The predicted octanol–water partition coefficient (Wildman–Crippen LogP) is 16.2. The monoisotopic (exact) mass is 787 g/mol. The summed E-state index contributed by atoms with van der Waals surface area (Å²) in [4.78, 5) is 2.46. The molecule has 2 aliphatic carbocycles. The van der Waals surface area contributed by atoms with Gasteiger partial charge in [0.05, 0.1) is 11.1 Å². The van der Waals surface area contributed by atoms with Crippen LogP contribution in [0.2, 0.25) is 0 Å². The van der Waals surface area contributed by atoms with E-state index in [9.17, 15) is 0 Å². The summed E-state index contributed by atoms with van der Waals surface area (Å²) in [6, 6.07) is 91.5. The Balaban J connectivity index is 1.10. The minimum atomic E-state index is -0.462. The van der Waals surface area contributed by atoms with Gasteiger partial charge in [0.25, 0.3) is 0 Å². The standard InChI is InChI=1S/C61H41N/c1-5-18-42(19-6-1)44-32-35-48(36-33-44)62(59-39-34-47(43-20-7-2-8-21-43)40-53(59)46-24-11-4-12-25-46)49-37-38-57-54(41-49)51-26-13-15-29-55(51)61(57)56-30-16-14-27-52(56)60-50(28-17-31-58(60)61)45-22-9-3-10-23-45/h1-41H. The fraction of sp³-hybridized carbons (Fsp3) is 0.0164. The lowest BCUT2D eigenvalue weighted by Crippen LogP contribution is -2.25. The molecule has 290 valence electrons. The number of fused-ring (bicyclic) bond motifs is 10. The van der Waals surface area contributed by atoms with E-state index in [1.807, 2.05) is 0 Å². The third-order valence-electron chi connectivity index (χ3n) is 13.1. The highest BCUT2D eigenvalue weighted by Crippen LogP contribution is 2.64. The number of benzene rings is 10. The number of nitrogens with zero attached hydrogens (tertiary/aromatic N) is 1. The van der Waals surface area contributed by atoms with Crippen LogP contribution in [0, 0.1) is 0 Å². The molecule has 0 radical (unpaired) electrons. The molecule has 1 nitrogen and oxygen atoms in total. The Bertz CT molecular complexity index is 3260. The molecule has 0 bridgehead atoms. The van der Waals surface area contributed by atoms with Crippen molar-refractivity contribution in [3.63, 3.8) is 0 Å². The molecule has 0 aromatic heterocycles. The molecule has 0 fully saturated rings.